The number of hydrogen-bond acceptors (Lipinski definition) is 5. The summed E-state index contributed by atoms with van der Waals surface area (Å²) < 4.78 is 12.0. The first-order valence-corrected chi connectivity index (χ1v) is 7.58. The number of nitrogens with one attached hydrogen (secondary N) is 2. The first-order chi connectivity index (χ1) is 10.2. The van der Waals surface area contributed by atoms with Crippen molar-refractivity contribution in [2.75, 3.05) is 13.7 Å². The van der Waals surface area contributed by atoms with Gasteiger partial charge in [0, 0.05) is 6.54 Å². The van der Waals surface area contributed by atoms with Crippen LogP contribution in [0.25, 0.3) is 0 Å². The van der Waals surface area contributed by atoms with Crippen molar-refractivity contribution in [3.63, 3.8) is 0 Å². The number of aromatic nitrogens is 3. The normalized spacial score (nSPS) is 10.6. The topological polar surface area (TPSA) is 72.1 Å². The Kier molecular flexibility index (Phi) is 6.01. The van der Waals surface area contributed by atoms with Crippen molar-refractivity contribution < 1.29 is 9.47 Å². The lowest BCUT2D eigenvalue weighted by atomic mass is 10.2. The Bertz CT molecular complexity index is 560. The van der Waals surface area contributed by atoms with Gasteiger partial charge in [0.05, 0.1) is 24.7 Å². The van der Waals surface area contributed by atoms with E-state index in [0.717, 1.165) is 33.8 Å². The summed E-state index contributed by atoms with van der Waals surface area (Å²) in [6, 6.07) is 4.00. The molecule has 0 bridgehead atoms. The predicted molar refractivity (Wildman–Crippen MR) is 83.4 cm³/mol. The highest BCUT2D eigenvalue weighted by Gasteiger charge is 2.11. The zero-order valence-electron chi connectivity index (χ0n) is 12.1. The van der Waals surface area contributed by atoms with E-state index >= 15 is 0 Å². The lowest BCUT2D eigenvalue weighted by Gasteiger charge is -2.14. The van der Waals surface area contributed by atoms with Gasteiger partial charge in [-0.25, -0.2) is 4.98 Å². The summed E-state index contributed by atoms with van der Waals surface area (Å²) in [7, 11) is 1.65. The summed E-state index contributed by atoms with van der Waals surface area (Å²) in [4.78, 5) is 4.06. The molecule has 0 radical (unpaired) electrons. The number of H-pyrrole nitrogens is 1. The second-order valence-corrected chi connectivity index (χ2v) is 5.35. The quantitative estimate of drug-likeness (QED) is 0.762. The summed E-state index contributed by atoms with van der Waals surface area (Å²) >= 11 is 3.54. The maximum atomic E-state index is 5.71. The van der Waals surface area contributed by atoms with Gasteiger partial charge in [0.15, 0.2) is 11.5 Å². The van der Waals surface area contributed by atoms with Crippen LogP contribution in [-0.4, -0.2) is 28.9 Å². The zero-order valence-corrected chi connectivity index (χ0v) is 13.7. The fraction of sp³-hybridized carbons (Fsp3) is 0.429. The molecule has 7 heteroatoms. The highest BCUT2D eigenvalue weighted by Crippen LogP contribution is 2.36. The molecule has 0 amide bonds. The lowest BCUT2D eigenvalue weighted by molar-refractivity contribution is 0.292. The fourth-order valence-electron chi connectivity index (χ4n) is 1.86. The molecule has 6 nitrogen and oxygen atoms in total. The second-order valence-electron chi connectivity index (χ2n) is 4.49. The molecule has 2 N–H and O–H groups in total. The number of nitrogens with zero attached hydrogens (tertiary/aromatic N) is 2. The number of hydrogen-bond donors (Lipinski definition) is 2. The van der Waals surface area contributed by atoms with E-state index in [-0.39, 0.29) is 0 Å². The van der Waals surface area contributed by atoms with Crippen LogP contribution in [0.4, 0.5) is 0 Å². The Labute approximate surface area is 132 Å². The van der Waals surface area contributed by atoms with Crippen molar-refractivity contribution in [2.24, 2.45) is 0 Å². The number of rotatable bonds is 8. The van der Waals surface area contributed by atoms with E-state index in [1.54, 1.807) is 7.11 Å². The monoisotopic (exact) mass is 354 g/mol. The van der Waals surface area contributed by atoms with E-state index in [0.29, 0.717) is 19.7 Å². The van der Waals surface area contributed by atoms with Gasteiger partial charge in [-0.15, -0.1) is 0 Å². The molecule has 0 saturated carbocycles. The Morgan fingerprint density at radius 1 is 1.33 bits per heavy atom. The molecule has 0 aliphatic rings. The minimum Gasteiger partial charge on any atom is -0.493 e. The van der Waals surface area contributed by atoms with E-state index in [1.807, 2.05) is 12.1 Å². The molecule has 1 heterocycles. The molecule has 0 saturated heterocycles. The van der Waals surface area contributed by atoms with E-state index in [2.05, 4.69) is 43.4 Å². The fourth-order valence-corrected chi connectivity index (χ4v) is 2.46. The molecular weight excluding hydrogens is 336 g/mol. The Balaban J connectivity index is 2.01. The van der Waals surface area contributed by atoms with Gasteiger partial charge in [0.1, 0.15) is 12.2 Å². The molecule has 0 spiro atoms. The average Bonchev–Trinajstić information content (AvgIpc) is 2.99. The van der Waals surface area contributed by atoms with E-state index in [4.69, 9.17) is 9.47 Å². The van der Waals surface area contributed by atoms with Crippen LogP contribution in [0.2, 0.25) is 0 Å². The number of benzene rings is 1. The third kappa shape index (κ3) is 4.44. The van der Waals surface area contributed by atoms with Crippen LogP contribution < -0.4 is 14.8 Å². The first-order valence-electron chi connectivity index (χ1n) is 6.78. The predicted octanol–water partition coefficient (Wildman–Crippen LogP) is 2.65. The number of aromatic amines is 1. The van der Waals surface area contributed by atoms with E-state index in [9.17, 15) is 0 Å². The van der Waals surface area contributed by atoms with Gasteiger partial charge >= 0.3 is 0 Å². The molecule has 114 valence electrons. The van der Waals surface area contributed by atoms with Gasteiger partial charge in [-0.05, 0) is 40.0 Å². The Morgan fingerprint density at radius 2 is 2.19 bits per heavy atom. The molecule has 21 heavy (non-hydrogen) atoms. The molecule has 0 aliphatic heterocycles. The number of halogens is 1. The summed E-state index contributed by atoms with van der Waals surface area (Å²) in [6.45, 7) is 4.07. The minimum absolute atomic E-state index is 0.633. The molecule has 0 aliphatic carbocycles. The van der Waals surface area contributed by atoms with Crippen LogP contribution in [-0.2, 0) is 13.1 Å². The molecular formula is C14H19BrN4O2. The number of ether oxygens (including phenoxy) is 2. The summed E-state index contributed by atoms with van der Waals surface area (Å²) in [5, 5.41) is 9.92. The maximum Gasteiger partial charge on any atom is 0.175 e. The summed E-state index contributed by atoms with van der Waals surface area (Å²) in [5.74, 6) is 2.29. The van der Waals surface area contributed by atoms with Crippen LogP contribution >= 0.6 is 15.9 Å². The van der Waals surface area contributed by atoms with Crippen LogP contribution in [0.15, 0.2) is 22.9 Å². The van der Waals surface area contributed by atoms with Crippen molar-refractivity contribution in [1.29, 1.82) is 0 Å². The van der Waals surface area contributed by atoms with E-state index in [1.165, 1.54) is 6.33 Å². The lowest BCUT2D eigenvalue weighted by Crippen LogP contribution is -2.14. The van der Waals surface area contributed by atoms with Crippen molar-refractivity contribution >= 4 is 15.9 Å². The van der Waals surface area contributed by atoms with Gasteiger partial charge in [-0.1, -0.05) is 6.92 Å². The molecule has 0 unspecified atom stereocenters. The molecule has 1 aromatic heterocycles. The summed E-state index contributed by atoms with van der Waals surface area (Å²) in [5.41, 5.74) is 1.10. The Hall–Kier alpha value is -1.60. The zero-order chi connectivity index (χ0) is 15.1. The number of methoxy groups -OCH3 is 1. The molecule has 0 fully saturated rings. The third-order valence-electron chi connectivity index (χ3n) is 2.83. The standard InChI is InChI=1S/C14H19BrN4O2/c1-3-4-21-14-11(15)5-10(6-12(14)20-2)7-16-8-13-17-9-18-19-13/h5-6,9,16H,3-4,7-8H2,1-2H3,(H,17,18,19). The van der Waals surface area contributed by atoms with E-state index < -0.39 is 0 Å². The van der Waals surface area contributed by atoms with Gasteiger partial charge in [0.25, 0.3) is 0 Å². The molecule has 1 aromatic carbocycles. The molecule has 0 atom stereocenters. The van der Waals surface area contributed by atoms with Crippen molar-refractivity contribution in [3.8, 4) is 11.5 Å². The highest BCUT2D eigenvalue weighted by molar-refractivity contribution is 9.10. The average molecular weight is 355 g/mol. The molecule has 2 rings (SSSR count). The van der Waals surface area contributed by atoms with Crippen molar-refractivity contribution in [2.45, 2.75) is 26.4 Å². The van der Waals surface area contributed by atoms with Crippen LogP contribution in [0.5, 0.6) is 11.5 Å². The second kappa shape index (κ2) is 7.99. The molecule has 2 aromatic rings. The Morgan fingerprint density at radius 3 is 2.86 bits per heavy atom. The SMILES string of the molecule is CCCOc1c(Br)cc(CNCc2ncn[nH]2)cc1OC. The largest absolute Gasteiger partial charge is 0.493 e. The third-order valence-corrected chi connectivity index (χ3v) is 3.42. The van der Waals surface area contributed by atoms with Crippen LogP contribution in [0.1, 0.15) is 24.7 Å². The first kappa shape index (κ1) is 15.8. The van der Waals surface area contributed by atoms with Crippen LogP contribution in [0, 0.1) is 0 Å². The maximum absolute atomic E-state index is 5.71. The van der Waals surface area contributed by atoms with Gasteiger partial charge in [0.2, 0.25) is 0 Å². The van der Waals surface area contributed by atoms with Crippen LogP contribution in [0.3, 0.4) is 0 Å². The summed E-state index contributed by atoms with van der Waals surface area (Å²) in [6.07, 6.45) is 2.45. The highest BCUT2D eigenvalue weighted by atomic mass is 79.9. The smallest absolute Gasteiger partial charge is 0.175 e. The van der Waals surface area contributed by atoms with Crippen molar-refractivity contribution in [1.82, 2.24) is 20.5 Å². The van der Waals surface area contributed by atoms with Gasteiger partial charge in [-0.3, -0.25) is 5.10 Å². The van der Waals surface area contributed by atoms with Gasteiger partial charge < -0.3 is 14.8 Å². The minimum atomic E-state index is 0.633. The van der Waals surface area contributed by atoms with Crippen molar-refractivity contribution in [3.05, 3.63) is 34.3 Å². The van der Waals surface area contributed by atoms with Gasteiger partial charge in [-0.2, -0.15) is 5.10 Å².